The van der Waals surface area contributed by atoms with Crippen LogP contribution < -0.4 is 0 Å². The zero-order valence-electron chi connectivity index (χ0n) is 12.4. The molecule has 0 amide bonds. The van der Waals surface area contributed by atoms with Gasteiger partial charge in [0.05, 0.1) is 5.92 Å². The normalized spacial score (nSPS) is 31.6. The molecule has 1 aliphatic carbocycles. The van der Waals surface area contributed by atoms with Crippen LogP contribution in [0.1, 0.15) is 66.7 Å². The molecule has 2 unspecified atom stereocenters. The number of hydrogen-bond donors (Lipinski definition) is 0. The molecule has 0 radical (unpaired) electrons. The summed E-state index contributed by atoms with van der Waals surface area (Å²) >= 11 is 0. The number of ether oxygens (including phenoxy) is 1. The van der Waals surface area contributed by atoms with Crippen molar-refractivity contribution in [1.29, 1.82) is 0 Å². The molecule has 1 rings (SSSR count). The molecule has 3 heteroatoms. The first-order chi connectivity index (χ1) is 8.13. The Balaban J connectivity index is 2.74. The molecule has 1 saturated carbocycles. The average molecular weight is 258 g/mol. The standard InChI is InChI=1S/C15H27FO2/c1-11(13(17)18-14(2,3)4)12-9-7-6-8-10-15(12,5)16/h11-12H,6-10H2,1-5H3/t11-,12?,15?/m1/s1. The first kappa shape index (κ1) is 15.5. The second-order valence-electron chi connectivity index (χ2n) is 6.81. The topological polar surface area (TPSA) is 26.3 Å². The largest absolute Gasteiger partial charge is 0.460 e. The van der Waals surface area contributed by atoms with Gasteiger partial charge in [0.15, 0.2) is 0 Å². The van der Waals surface area contributed by atoms with Crippen LogP contribution in [0.3, 0.4) is 0 Å². The summed E-state index contributed by atoms with van der Waals surface area (Å²) in [5.41, 5.74) is -1.74. The van der Waals surface area contributed by atoms with Gasteiger partial charge in [0, 0.05) is 5.92 Å². The maximum atomic E-state index is 14.6. The summed E-state index contributed by atoms with van der Waals surface area (Å²) < 4.78 is 20.0. The molecule has 0 saturated heterocycles. The van der Waals surface area contributed by atoms with Gasteiger partial charge in [0.1, 0.15) is 11.3 Å². The van der Waals surface area contributed by atoms with Gasteiger partial charge in [0.2, 0.25) is 0 Å². The van der Waals surface area contributed by atoms with Crippen molar-refractivity contribution in [3.8, 4) is 0 Å². The van der Waals surface area contributed by atoms with Crippen molar-refractivity contribution in [3.63, 3.8) is 0 Å². The molecule has 0 heterocycles. The Hall–Kier alpha value is -0.600. The number of esters is 1. The third kappa shape index (κ3) is 4.25. The van der Waals surface area contributed by atoms with Crippen LogP contribution in [0.15, 0.2) is 0 Å². The van der Waals surface area contributed by atoms with E-state index < -0.39 is 11.3 Å². The van der Waals surface area contributed by atoms with Crippen LogP contribution in [-0.2, 0) is 9.53 Å². The lowest BCUT2D eigenvalue weighted by molar-refractivity contribution is -0.163. The molecular formula is C15H27FO2. The van der Waals surface area contributed by atoms with Crippen LogP contribution in [0, 0.1) is 11.8 Å². The minimum atomic E-state index is -1.24. The lowest BCUT2D eigenvalue weighted by atomic mass is 9.78. The van der Waals surface area contributed by atoms with Crippen molar-refractivity contribution in [1.82, 2.24) is 0 Å². The van der Waals surface area contributed by atoms with E-state index in [1.807, 2.05) is 27.7 Å². The van der Waals surface area contributed by atoms with Gasteiger partial charge in [-0.1, -0.05) is 26.2 Å². The monoisotopic (exact) mass is 258 g/mol. The van der Waals surface area contributed by atoms with Crippen LogP contribution in [0.4, 0.5) is 4.39 Å². The molecule has 0 N–H and O–H groups in total. The maximum Gasteiger partial charge on any atom is 0.309 e. The zero-order chi connectivity index (χ0) is 14.0. The fourth-order valence-corrected chi connectivity index (χ4v) is 2.83. The van der Waals surface area contributed by atoms with E-state index in [1.54, 1.807) is 6.92 Å². The fourth-order valence-electron chi connectivity index (χ4n) is 2.83. The molecule has 1 fully saturated rings. The number of alkyl halides is 1. The molecule has 0 aromatic carbocycles. The first-order valence-corrected chi connectivity index (χ1v) is 7.05. The van der Waals surface area contributed by atoms with Crippen molar-refractivity contribution in [2.24, 2.45) is 11.8 Å². The van der Waals surface area contributed by atoms with E-state index in [4.69, 9.17) is 4.74 Å². The highest BCUT2D eigenvalue weighted by Gasteiger charge is 2.42. The summed E-state index contributed by atoms with van der Waals surface area (Å²) in [4.78, 5) is 12.1. The molecule has 106 valence electrons. The molecule has 0 aromatic heterocycles. The zero-order valence-corrected chi connectivity index (χ0v) is 12.4. The Morgan fingerprint density at radius 3 is 2.50 bits per heavy atom. The Morgan fingerprint density at radius 2 is 1.94 bits per heavy atom. The highest BCUT2D eigenvalue weighted by molar-refractivity contribution is 5.73. The van der Waals surface area contributed by atoms with Gasteiger partial charge in [-0.15, -0.1) is 0 Å². The third-order valence-electron chi connectivity index (χ3n) is 3.84. The Bertz CT molecular complexity index is 291. The predicted octanol–water partition coefficient (Wildman–Crippen LogP) is 4.27. The molecule has 18 heavy (non-hydrogen) atoms. The van der Waals surface area contributed by atoms with Crippen molar-refractivity contribution < 1.29 is 13.9 Å². The van der Waals surface area contributed by atoms with E-state index in [9.17, 15) is 9.18 Å². The smallest absolute Gasteiger partial charge is 0.309 e. The average Bonchev–Trinajstić information content (AvgIpc) is 2.35. The number of carbonyl (C=O) groups excluding carboxylic acids is 1. The van der Waals surface area contributed by atoms with Crippen LogP contribution in [0.25, 0.3) is 0 Å². The third-order valence-corrected chi connectivity index (χ3v) is 3.84. The summed E-state index contributed by atoms with van der Waals surface area (Å²) in [5.74, 6) is -0.842. The van der Waals surface area contributed by atoms with E-state index in [2.05, 4.69) is 0 Å². The minimum Gasteiger partial charge on any atom is -0.460 e. The quantitative estimate of drug-likeness (QED) is 0.546. The molecular weight excluding hydrogens is 231 g/mol. The van der Waals surface area contributed by atoms with Gasteiger partial charge in [0.25, 0.3) is 0 Å². The number of rotatable bonds is 2. The second kappa shape index (κ2) is 5.58. The predicted molar refractivity (Wildman–Crippen MR) is 71.1 cm³/mol. The summed E-state index contributed by atoms with van der Waals surface area (Å²) in [6.45, 7) is 8.99. The van der Waals surface area contributed by atoms with Gasteiger partial charge in [-0.25, -0.2) is 4.39 Å². The van der Waals surface area contributed by atoms with Crippen LogP contribution in [0.2, 0.25) is 0 Å². The van der Waals surface area contributed by atoms with Crippen LogP contribution in [0.5, 0.6) is 0 Å². The molecule has 3 atom stereocenters. The van der Waals surface area contributed by atoms with E-state index >= 15 is 0 Å². The Morgan fingerprint density at radius 1 is 1.33 bits per heavy atom. The van der Waals surface area contributed by atoms with E-state index in [0.29, 0.717) is 6.42 Å². The Labute approximate surface area is 110 Å². The van der Waals surface area contributed by atoms with Gasteiger partial charge >= 0.3 is 5.97 Å². The van der Waals surface area contributed by atoms with Crippen molar-refractivity contribution >= 4 is 5.97 Å². The first-order valence-electron chi connectivity index (χ1n) is 7.05. The fraction of sp³-hybridized carbons (Fsp3) is 0.933. The van der Waals surface area contributed by atoms with Gasteiger partial charge < -0.3 is 4.74 Å². The van der Waals surface area contributed by atoms with E-state index in [0.717, 1.165) is 25.7 Å². The molecule has 0 aliphatic heterocycles. The molecule has 2 nitrogen and oxygen atoms in total. The van der Waals surface area contributed by atoms with Crippen LogP contribution >= 0.6 is 0 Å². The SMILES string of the molecule is C[C@@H](C(=O)OC(C)(C)C)C1CCCCCC1(C)F. The van der Waals surface area contributed by atoms with E-state index in [1.165, 1.54) is 0 Å². The molecule has 0 spiro atoms. The highest BCUT2D eigenvalue weighted by atomic mass is 19.1. The van der Waals surface area contributed by atoms with Crippen molar-refractivity contribution in [3.05, 3.63) is 0 Å². The lowest BCUT2D eigenvalue weighted by Gasteiger charge is -2.33. The van der Waals surface area contributed by atoms with Crippen LogP contribution in [-0.4, -0.2) is 17.2 Å². The van der Waals surface area contributed by atoms with Gasteiger partial charge in [-0.3, -0.25) is 4.79 Å². The maximum absolute atomic E-state index is 14.6. The lowest BCUT2D eigenvalue weighted by Crippen LogP contribution is -2.39. The summed E-state index contributed by atoms with van der Waals surface area (Å²) in [5, 5.41) is 0. The van der Waals surface area contributed by atoms with Gasteiger partial charge in [-0.05, 0) is 40.5 Å². The van der Waals surface area contributed by atoms with Crippen molar-refractivity contribution in [2.75, 3.05) is 0 Å². The number of carbonyl (C=O) groups is 1. The molecule has 0 aromatic rings. The minimum absolute atomic E-state index is 0.213. The molecule has 0 bridgehead atoms. The number of hydrogen-bond acceptors (Lipinski definition) is 2. The summed E-state index contributed by atoms with van der Waals surface area (Å²) in [7, 11) is 0. The Kier molecular flexibility index (Phi) is 4.79. The number of halogens is 1. The van der Waals surface area contributed by atoms with Crippen molar-refractivity contribution in [2.45, 2.75) is 78.0 Å². The molecule has 1 aliphatic rings. The van der Waals surface area contributed by atoms with Gasteiger partial charge in [-0.2, -0.15) is 0 Å². The summed E-state index contributed by atoms with van der Waals surface area (Å²) in [6.07, 6.45) is 4.34. The highest BCUT2D eigenvalue weighted by Crippen LogP contribution is 2.40. The second-order valence-corrected chi connectivity index (χ2v) is 6.81. The summed E-state index contributed by atoms with van der Waals surface area (Å²) in [6, 6.07) is 0. The van der Waals surface area contributed by atoms with E-state index in [-0.39, 0.29) is 17.8 Å².